The van der Waals surface area contributed by atoms with Crippen molar-refractivity contribution in [1.82, 2.24) is 9.97 Å². The molecule has 0 atom stereocenters. The van der Waals surface area contributed by atoms with Gasteiger partial charge in [0.25, 0.3) is 0 Å². The molecule has 0 aliphatic heterocycles. The predicted molar refractivity (Wildman–Crippen MR) is 72.2 cm³/mol. The first kappa shape index (κ1) is 12.2. The van der Waals surface area contributed by atoms with Crippen LogP contribution < -0.4 is 0 Å². The molecule has 0 saturated heterocycles. The first-order chi connectivity index (χ1) is 7.77. The van der Waals surface area contributed by atoms with E-state index in [1.165, 1.54) is 44.9 Å². The Kier molecular flexibility index (Phi) is 4.53. The third kappa shape index (κ3) is 3.14. The number of aromatic nitrogens is 2. The number of halogens is 1. The van der Waals surface area contributed by atoms with Gasteiger partial charge in [-0.15, -0.1) is 0 Å². The molecule has 0 bridgehead atoms. The summed E-state index contributed by atoms with van der Waals surface area (Å²) in [6, 6.07) is 0. The lowest BCUT2D eigenvalue weighted by atomic mass is 9.90. The standard InChI is InChI=1S/C12H17BrN2S/c13-10-8-14-11(15-12(10)16)9-6-4-2-1-3-5-7-9/h8-9H,1-7H2,(H,14,15,16). The molecular formula is C12H17BrN2S. The van der Waals surface area contributed by atoms with Gasteiger partial charge in [0.1, 0.15) is 10.5 Å². The van der Waals surface area contributed by atoms with E-state index in [0.29, 0.717) is 5.92 Å². The molecule has 0 spiro atoms. The molecule has 1 heterocycles. The van der Waals surface area contributed by atoms with Gasteiger partial charge in [-0.3, -0.25) is 0 Å². The molecule has 1 saturated carbocycles. The monoisotopic (exact) mass is 300 g/mol. The van der Waals surface area contributed by atoms with Gasteiger partial charge in [-0.2, -0.15) is 0 Å². The molecule has 2 rings (SSSR count). The molecule has 16 heavy (non-hydrogen) atoms. The number of H-pyrrole nitrogens is 1. The maximum Gasteiger partial charge on any atom is 0.120 e. The van der Waals surface area contributed by atoms with Crippen LogP contribution in [0.25, 0.3) is 0 Å². The van der Waals surface area contributed by atoms with Crippen LogP contribution in [0.4, 0.5) is 0 Å². The van der Waals surface area contributed by atoms with Gasteiger partial charge in [-0.05, 0) is 28.8 Å². The van der Waals surface area contributed by atoms with Gasteiger partial charge in [-0.1, -0.05) is 44.3 Å². The smallest absolute Gasteiger partial charge is 0.120 e. The van der Waals surface area contributed by atoms with Gasteiger partial charge in [-0.25, -0.2) is 4.98 Å². The van der Waals surface area contributed by atoms with Crippen molar-refractivity contribution in [3.8, 4) is 0 Å². The summed E-state index contributed by atoms with van der Waals surface area (Å²) in [5.41, 5.74) is 0. The summed E-state index contributed by atoms with van der Waals surface area (Å²) in [4.78, 5) is 7.72. The van der Waals surface area contributed by atoms with E-state index in [1.807, 2.05) is 6.20 Å². The predicted octanol–water partition coefficient (Wildman–Crippen LogP) is 4.73. The maximum atomic E-state index is 5.23. The van der Waals surface area contributed by atoms with Crippen LogP contribution in [0.1, 0.15) is 56.7 Å². The van der Waals surface area contributed by atoms with Crippen LogP contribution in [0.3, 0.4) is 0 Å². The minimum atomic E-state index is 0.579. The lowest BCUT2D eigenvalue weighted by Crippen LogP contribution is -2.07. The topological polar surface area (TPSA) is 28.7 Å². The average molecular weight is 301 g/mol. The van der Waals surface area contributed by atoms with Crippen LogP contribution in [-0.2, 0) is 0 Å². The van der Waals surface area contributed by atoms with E-state index in [9.17, 15) is 0 Å². The van der Waals surface area contributed by atoms with Crippen molar-refractivity contribution in [2.24, 2.45) is 0 Å². The van der Waals surface area contributed by atoms with Crippen molar-refractivity contribution in [2.45, 2.75) is 50.9 Å². The highest BCUT2D eigenvalue weighted by Gasteiger charge is 2.15. The summed E-state index contributed by atoms with van der Waals surface area (Å²) in [5, 5.41) is 0. The van der Waals surface area contributed by atoms with Crippen molar-refractivity contribution in [2.75, 3.05) is 0 Å². The molecule has 0 amide bonds. The van der Waals surface area contributed by atoms with Crippen molar-refractivity contribution in [3.63, 3.8) is 0 Å². The second kappa shape index (κ2) is 5.92. The molecule has 0 aromatic carbocycles. The summed E-state index contributed by atoms with van der Waals surface area (Å²) in [5.74, 6) is 1.66. The maximum absolute atomic E-state index is 5.23. The molecule has 1 N–H and O–H groups in total. The molecule has 2 nitrogen and oxygen atoms in total. The molecule has 1 aromatic rings. The Hall–Kier alpha value is -0.220. The summed E-state index contributed by atoms with van der Waals surface area (Å²) >= 11 is 8.61. The minimum absolute atomic E-state index is 0.579. The van der Waals surface area contributed by atoms with Crippen LogP contribution in [0, 0.1) is 4.64 Å². The highest BCUT2D eigenvalue weighted by molar-refractivity contribution is 9.10. The average Bonchev–Trinajstić information content (AvgIpc) is 2.22. The molecule has 0 unspecified atom stereocenters. The van der Waals surface area contributed by atoms with Gasteiger partial charge in [0.05, 0.1) is 4.47 Å². The van der Waals surface area contributed by atoms with Crippen LogP contribution in [0.5, 0.6) is 0 Å². The zero-order valence-electron chi connectivity index (χ0n) is 9.34. The van der Waals surface area contributed by atoms with Crippen LogP contribution >= 0.6 is 28.1 Å². The Morgan fingerprint density at radius 3 is 2.44 bits per heavy atom. The van der Waals surface area contributed by atoms with Crippen molar-refractivity contribution < 1.29 is 0 Å². The van der Waals surface area contributed by atoms with Crippen molar-refractivity contribution in [1.29, 1.82) is 0 Å². The number of hydrogen-bond acceptors (Lipinski definition) is 2. The van der Waals surface area contributed by atoms with Crippen molar-refractivity contribution in [3.05, 3.63) is 21.1 Å². The Morgan fingerprint density at radius 1 is 1.19 bits per heavy atom. The second-order valence-corrected chi connectivity index (χ2v) is 5.75. The third-order valence-corrected chi connectivity index (χ3v) is 4.45. The summed E-state index contributed by atoms with van der Waals surface area (Å²) in [6.07, 6.45) is 11.1. The molecule has 88 valence electrons. The van der Waals surface area contributed by atoms with Crippen LogP contribution in [0.15, 0.2) is 10.7 Å². The van der Waals surface area contributed by atoms with Gasteiger partial charge in [0.2, 0.25) is 0 Å². The van der Waals surface area contributed by atoms with Crippen LogP contribution in [0.2, 0.25) is 0 Å². The third-order valence-electron chi connectivity index (χ3n) is 3.27. The Balaban J connectivity index is 2.14. The van der Waals surface area contributed by atoms with Gasteiger partial charge in [0, 0.05) is 12.1 Å². The van der Waals surface area contributed by atoms with E-state index in [2.05, 4.69) is 25.9 Å². The lowest BCUT2D eigenvalue weighted by Gasteiger charge is -2.18. The van der Waals surface area contributed by atoms with E-state index in [-0.39, 0.29) is 0 Å². The first-order valence-corrected chi connectivity index (χ1v) is 7.22. The van der Waals surface area contributed by atoms with E-state index >= 15 is 0 Å². The zero-order valence-corrected chi connectivity index (χ0v) is 11.7. The van der Waals surface area contributed by atoms with Crippen molar-refractivity contribution >= 4 is 28.1 Å². The fraction of sp³-hybridized carbons (Fsp3) is 0.667. The summed E-state index contributed by atoms with van der Waals surface area (Å²) in [6.45, 7) is 0. The molecule has 1 aliphatic rings. The second-order valence-electron chi connectivity index (χ2n) is 4.49. The van der Waals surface area contributed by atoms with Gasteiger partial charge < -0.3 is 4.98 Å². The Bertz CT molecular complexity index is 394. The van der Waals surface area contributed by atoms with Gasteiger partial charge in [0.15, 0.2) is 0 Å². The van der Waals surface area contributed by atoms with E-state index < -0.39 is 0 Å². The fourth-order valence-electron chi connectivity index (χ4n) is 2.33. The lowest BCUT2D eigenvalue weighted by molar-refractivity contribution is 0.442. The summed E-state index contributed by atoms with van der Waals surface area (Å²) in [7, 11) is 0. The van der Waals surface area contributed by atoms with E-state index in [0.717, 1.165) is 14.9 Å². The number of rotatable bonds is 1. The molecule has 1 fully saturated rings. The zero-order chi connectivity index (χ0) is 11.4. The number of aromatic amines is 1. The number of nitrogens with one attached hydrogen (secondary N) is 1. The number of hydrogen-bond donors (Lipinski definition) is 1. The highest BCUT2D eigenvalue weighted by Crippen LogP contribution is 2.29. The van der Waals surface area contributed by atoms with Gasteiger partial charge >= 0.3 is 0 Å². The van der Waals surface area contributed by atoms with Crippen LogP contribution in [-0.4, -0.2) is 9.97 Å². The quantitative estimate of drug-likeness (QED) is 0.760. The Morgan fingerprint density at radius 2 is 1.81 bits per heavy atom. The molecule has 1 aliphatic carbocycles. The first-order valence-electron chi connectivity index (χ1n) is 6.02. The molecule has 1 aromatic heterocycles. The fourth-order valence-corrected chi connectivity index (χ4v) is 2.69. The normalized spacial score (nSPS) is 19.1. The molecule has 4 heteroatoms. The molecular weight excluding hydrogens is 284 g/mol. The largest absolute Gasteiger partial charge is 0.334 e. The highest BCUT2D eigenvalue weighted by atomic mass is 79.9. The van der Waals surface area contributed by atoms with E-state index in [4.69, 9.17) is 12.2 Å². The van der Waals surface area contributed by atoms with E-state index in [1.54, 1.807) is 0 Å². The Labute approximate surface area is 110 Å². The molecule has 0 radical (unpaired) electrons. The summed E-state index contributed by atoms with van der Waals surface area (Å²) < 4.78 is 1.66. The minimum Gasteiger partial charge on any atom is -0.334 e. The number of nitrogens with zero attached hydrogens (tertiary/aromatic N) is 1. The SMILES string of the molecule is S=c1[nH]c(C2CCCCCCC2)ncc1Br.